The van der Waals surface area contributed by atoms with Gasteiger partial charge in [0.1, 0.15) is 0 Å². The summed E-state index contributed by atoms with van der Waals surface area (Å²) in [5.41, 5.74) is 16.4. The molecule has 0 spiro atoms. The van der Waals surface area contributed by atoms with Gasteiger partial charge in [-0.3, -0.25) is 0 Å². The zero-order chi connectivity index (χ0) is 37.8. The van der Waals surface area contributed by atoms with Gasteiger partial charge in [-0.05, 0) is 102 Å². The molecule has 12 rings (SSSR count). The molecule has 0 aliphatic heterocycles. The van der Waals surface area contributed by atoms with Crippen molar-refractivity contribution < 1.29 is 0 Å². The van der Waals surface area contributed by atoms with Gasteiger partial charge in [0.25, 0.3) is 0 Å². The van der Waals surface area contributed by atoms with Crippen LogP contribution in [0.3, 0.4) is 0 Å². The molecule has 0 bridgehead atoms. The first-order chi connectivity index (χ1) is 28.0. The number of hydrogen-bond donors (Lipinski definition) is 0. The van der Waals surface area contributed by atoms with Crippen molar-refractivity contribution in [2.24, 2.45) is 0 Å². The lowest BCUT2D eigenvalue weighted by Crippen LogP contribution is -2.14. The van der Waals surface area contributed by atoms with Gasteiger partial charge in [-0.15, -0.1) is 0 Å². The van der Waals surface area contributed by atoms with Crippen molar-refractivity contribution in [2.45, 2.75) is 32.1 Å². The van der Waals surface area contributed by atoms with Crippen molar-refractivity contribution in [3.05, 3.63) is 180 Å². The fourth-order valence-corrected chi connectivity index (χ4v) is 9.81. The first kappa shape index (κ1) is 32.2. The van der Waals surface area contributed by atoms with Crippen LogP contribution in [0.2, 0.25) is 0 Å². The third kappa shape index (κ3) is 4.80. The van der Waals surface area contributed by atoms with E-state index in [1.165, 1.54) is 76.8 Å². The quantitative estimate of drug-likeness (QED) is 0.169. The van der Waals surface area contributed by atoms with E-state index in [-0.39, 0.29) is 5.41 Å². The second kappa shape index (κ2) is 12.0. The second-order valence-corrected chi connectivity index (χ2v) is 16.2. The van der Waals surface area contributed by atoms with Gasteiger partial charge in [0.05, 0.1) is 11.4 Å². The average molecular weight is 729 g/mol. The molecule has 0 unspecified atom stereocenters. The van der Waals surface area contributed by atoms with Crippen LogP contribution in [0.4, 0.5) is 0 Å². The first-order valence-electron chi connectivity index (χ1n) is 19.8. The molecular weight excluding hydrogens is 693 g/mol. The number of fused-ring (bicyclic) bond motifs is 6. The minimum absolute atomic E-state index is 0.0664. The van der Waals surface area contributed by atoms with Gasteiger partial charge in [0.2, 0.25) is 0 Å². The Balaban J connectivity index is 0.973. The zero-order valence-corrected chi connectivity index (χ0v) is 31.7. The summed E-state index contributed by atoms with van der Waals surface area (Å²) in [5, 5.41) is 7.53. The molecule has 57 heavy (non-hydrogen) atoms. The highest BCUT2D eigenvalue weighted by Crippen LogP contribution is 2.50. The molecule has 4 heteroatoms. The zero-order valence-electron chi connectivity index (χ0n) is 31.7. The number of aromatic nitrogens is 4. The van der Waals surface area contributed by atoms with Crippen molar-refractivity contribution in [1.82, 2.24) is 19.9 Å². The van der Waals surface area contributed by atoms with Crippen LogP contribution >= 0.6 is 0 Å². The Morgan fingerprint density at radius 2 is 1.09 bits per heavy atom. The third-order valence-corrected chi connectivity index (χ3v) is 12.7. The number of rotatable bonds is 4. The van der Waals surface area contributed by atoms with Gasteiger partial charge in [-0.1, -0.05) is 147 Å². The van der Waals surface area contributed by atoms with Crippen LogP contribution in [-0.4, -0.2) is 19.9 Å². The van der Waals surface area contributed by atoms with Crippen molar-refractivity contribution >= 4 is 32.3 Å². The Kier molecular flexibility index (Phi) is 6.77. The van der Waals surface area contributed by atoms with E-state index in [9.17, 15) is 0 Å². The third-order valence-electron chi connectivity index (χ3n) is 12.7. The SMILES string of the molecule is CC1(C)c2ccccc2-c2ccc(-c3cccc(-c4nc(-c5ncc(-c6ccc7ccc8cccc9ccc6c7c89)cn5)nc5c4CCc4ccccc4-5)c3)cc21. The van der Waals surface area contributed by atoms with E-state index in [2.05, 4.69) is 159 Å². The maximum absolute atomic E-state index is 5.31. The summed E-state index contributed by atoms with van der Waals surface area (Å²) in [4.78, 5) is 20.5. The molecular formula is C53H36N4. The lowest BCUT2D eigenvalue weighted by molar-refractivity contribution is 0.660. The van der Waals surface area contributed by atoms with E-state index >= 15 is 0 Å². The Bertz CT molecular complexity index is 3250. The van der Waals surface area contributed by atoms with Gasteiger partial charge < -0.3 is 0 Å². The molecule has 0 N–H and O–H groups in total. The van der Waals surface area contributed by atoms with Crippen LogP contribution < -0.4 is 0 Å². The normalized spacial score (nSPS) is 13.8. The molecule has 8 aromatic carbocycles. The molecule has 268 valence electrons. The molecule has 0 amide bonds. The predicted octanol–water partition coefficient (Wildman–Crippen LogP) is 12.9. The van der Waals surface area contributed by atoms with Crippen LogP contribution in [0.1, 0.15) is 36.1 Å². The van der Waals surface area contributed by atoms with Gasteiger partial charge in [0, 0.05) is 40.1 Å². The lowest BCUT2D eigenvalue weighted by Gasteiger charge is -2.23. The summed E-state index contributed by atoms with van der Waals surface area (Å²) in [6.07, 6.45) is 5.67. The highest BCUT2D eigenvalue weighted by molar-refractivity contribution is 6.25. The fourth-order valence-electron chi connectivity index (χ4n) is 9.81. The van der Waals surface area contributed by atoms with Gasteiger partial charge in [-0.25, -0.2) is 19.9 Å². The Morgan fingerprint density at radius 3 is 1.95 bits per heavy atom. The largest absolute Gasteiger partial charge is 0.233 e. The highest BCUT2D eigenvalue weighted by atomic mass is 15.0. The minimum Gasteiger partial charge on any atom is -0.233 e. The van der Waals surface area contributed by atoms with Crippen LogP contribution in [-0.2, 0) is 18.3 Å². The molecule has 0 saturated carbocycles. The topological polar surface area (TPSA) is 51.6 Å². The molecule has 0 radical (unpaired) electrons. The second-order valence-electron chi connectivity index (χ2n) is 16.2. The predicted molar refractivity (Wildman–Crippen MR) is 233 cm³/mol. The van der Waals surface area contributed by atoms with Crippen molar-refractivity contribution in [3.63, 3.8) is 0 Å². The van der Waals surface area contributed by atoms with E-state index in [0.717, 1.165) is 46.5 Å². The Labute approximate surface area is 330 Å². The number of hydrogen-bond acceptors (Lipinski definition) is 4. The van der Waals surface area contributed by atoms with Gasteiger partial charge in [0.15, 0.2) is 11.6 Å². The molecule has 2 aliphatic carbocycles. The van der Waals surface area contributed by atoms with Crippen molar-refractivity contribution in [3.8, 4) is 67.5 Å². The maximum Gasteiger partial charge on any atom is 0.198 e. The summed E-state index contributed by atoms with van der Waals surface area (Å²) in [5.74, 6) is 1.05. The standard InChI is InChI=1S/C53H36N4/c1-53(2)45-16-6-5-15-41(45)42-24-22-36(28-46(42)53)35-12-8-13-37(27-35)49-44-26-19-31-9-3-4-14-40(31)50(44)57-52(56-49)51-54-29-38(30-55-51)39-23-20-34-18-17-32-10-7-11-33-21-25-43(39)48(34)47(32)33/h3-18,20-25,27-30H,19,26H2,1-2H3. The number of aryl methyl sites for hydroxylation is 1. The van der Waals surface area contributed by atoms with Crippen LogP contribution in [0.15, 0.2) is 158 Å². The summed E-state index contributed by atoms with van der Waals surface area (Å²) < 4.78 is 0. The van der Waals surface area contributed by atoms with Crippen molar-refractivity contribution in [1.29, 1.82) is 0 Å². The summed E-state index contributed by atoms with van der Waals surface area (Å²) in [6, 6.07) is 53.1. The summed E-state index contributed by atoms with van der Waals surface area (Å²) in [6.45, 7) is 4.68. The minimum atomic E-state index is -0.0664. The molecule has 2 heterocycles. The summed E-state index contributed by atoms with van der Waals surface area (Å²) >= 11 is 0. The van der Waals surface area contributed by atoms with Crippen LogP contribution in [0.5, 0.6) is 0 Å². The molecule has 0 fully saturated rings. The molecule has 4 nitrogen and oxygen atoms in total. The van der Waals surface area contributed by atoms with Gasteiger partial charge >= 0.3 is 0 Å². The highest BCUT2D eigenvalue weighted by Gasteiger charge is 2.35. The van der Waals surface area contributed by atoms with Crippen LogP contribution in [0, 0.1) is 0 Å². The molecule has 10 aromatic rings. The van der Waals surface area contributed by atoms with Crippen molar-refractivity contribution in [2.75, 3.05) is 0 Å². The lowest BCUT2D eigenvalue weighted by atomic mass is 9.81. The van der Waals surface area contributed by atoms with E-state index in [1.807, 2.05) is 12.4 Å². The number of benzene rings is 8. The molecule has 2 aromatic heterocycles. The van der Waals surface area contributed by atoms with E-state index in [1.54, 1.807) is 0 Å². The number of nitrogens with zero attached hydrogens (tertiary/aromatic N) is 4. The van der Waals surface area contributed by atoms with Gasteiger partial charge in [-0.2, -0.15) is 0 Å². The van der Waals surface area contributed by atoms with E-state index in [4.69, 9.17) is 19.9 Å². The Morgan fingerprint density at radius 1 is 0.439 bits per heavy atom. The molecule has 2 aliphatic rings. The molecule has 0 atom stereocenters. The summed E-state index contributed by atoms with van der Waals surface area (Å²) in [7, 11) is 0. The van der Waals surface area contributed by atoms with E-state index in [0.29, 0.717) is 11.6 Å². The maximum atomic E-state index is 5.31. The smallest absolute Gasteiger partial charge is 0.198 e. The fraction of sp³-hybridized carbons (Fsp3) is 0.0943. The monoisotopic (exact) mass is 728 g/mol. The van der Waals surface area contributed by atoms with Crippen LogP contribution in [0.25, 0.3) is 99.9 Å². The Hall–Kier alpha value is -7.04. The molecule has 0 saturated heterocycles. The average Bonchev–Trinajstić information content (AvgIpc) is 3.50. The first-order valence-corrected chi connectivity index (χ1v) is 19.8. The van der Waals surface area contributed by atoms with E-state index < -0.39 is 0 Å².